The molecule has 0 heterocycles. The number of ether oxygens (including phenoxy) is 3. The number of carbonyl (C=O) groups excluding carboxylic acids is 2. The summed E-state index contributed by atoms with van der Waals surface area (Å²) >= 11 is 0. The molecule has 2 rings (SSSR count). The van der Waals surface area contributed by atoms with Crippen LogP contribution in [-0.4, -0.2) is 31.7 Å². The van der Waals surface area contributed by atoms with Crippen molar-refractivity contribution >= 4 is 17.6 Å². The molecule has 6 heteroatoms. The van der Waals surface area contributed by atoms with Gasteiger partial charge in [0.15, 0.2) is 6.10 Å². The van der Waals surface area contributed by atoms with Crippen LogP contribution in [-0.2, 0) is 14.3 Å². The van der Waals surface area contributed by atoms with E-state index < -0.39 is 18.0 Å². The quantitative estimate of drug-likeness (QED) is 0.734. The maximum absolute atomic E-state index is 12.2. The molecule has 0 aromatic heterocycles. The van der Waals surface area contributed by atoms with Crippen LogP contribution in [0.3, 0.4) is 0 Å². The van der Waals surface area contributed by atoms with Crippen molar-refractivity contribution in [3.05, 3.63) is 54.1 Å². The molecule has 0 radical (unpaired) electrons. The molecule has 26 heavy (non-hydrogen) atoms. The van der Waals surface area contributed by atoms with Gasteiger partial charge < -0.3 is 19.5 Å². The Balaban J connectivity index is 1.81. The van der Waals surface area contributed by atoms with Crippen molar-refractivity contribution in [3.8, 4) is 11.5 Å². The molecule has 1 atom stereocenters. The fraction of sp³-hybridized carbons (Fsp3) is 0.300. The highest BCUT2D eigenvalue weighted by Gasteiger charge is 2.19. The van der Waals surface area contributed by atoms with Gasteiger partial charge in [-0.15, -0.1) is 0 Å². The maximum Gasteiger partial charge on any atom is 0.310 e. The largest absolute Gasteiger partial charge is 0.495 e. The van der Waals surface area contributed by atoms with Gasteiger partial charge in [0.05, 0.1) is 25.8 Å². The zero-order valence-electron chi connectivity index (χ0n) is 15.2. The van der Waals surface area contributed by atoms with Gasteiger partial charge in [-0.25, -0.2) is 0 Å². The number of amides is 1. The zero-order chi connectivity index (χ0) is 18.9. The van der Waals surface area contributed by atoms with Crippen LogP contribution in [0.1, 0.15) is 18.9 Å². The van der Waals surface area contributed by atoms with Crippen molar-refractivity contribution < 1.29 is 23.8 Å². The predicted molar refractivity (Wildman–Crippen MR) is 98.5 cm³/mol. The smallest absolute Gasteiger partial charge is 0.310 e. The molecule has 1 amide bonds. The van der Waals surface area contributed by atoms with Gasteiger partial charge in [0.2, 0.25) is 0 Å². The molecule has 0 aliphatic heterocycles. The molecule has 138 valence electrons. The topological polar surface area (TPSA) is 73.9 Å². The van der Waals surface area contributed by atoms with E-state index in [2.05, 4.69) is 5.32 Å². The molecular formula is C20H23NO5. The summed E-state index contributed by atoms with van der Waals surface area (Å²) in [5, 5.41) is 2.72. The molecule has 0 saturated carbocycles. The highest BCUT2D eigenvalue weighted by Crippen LogP contribution is 2.25. The minimum absolute atomic E-state index is 0.0558. The lowest BCUT2D eigenvalue weighted by molar-refractivity contribution is -0.153. The standard InChI is InChI=1S/C20H23NO5/c1-14-9-10-18(24-3)17(13-14)21-20(23)15(2)26-19(22)11-12-25-16-7-5-4-6-8-16/h4-10,13,15H,11-12H2,1-3H3,(H,21,23)/t15-/m0/s1. The second-order valence-electron chi connectivity index (χ2n) is 5.74. The first-order chi connectivity index (χ1) is 12.5. The molecule has 2 aromatic rings. The number of nitrogens with one attached hydrogen (secondary N) is 1. The van der Waals surface area contributed by atoms with Crippen molar-refractivity contribution in [2.45, 2.75) is 26.4 Å². The first-order valence-corrected chi connectivity index (χ1v) is 8.32. The van der Waals surface area contributed by atoms with Gasteiger partial charge in [0.1, 0.15) is 11.5 Å². The van der Waals surface area contributed by atoms with Crippen LogP contribution in [0.25, 0.3) is 0 Å². The van der Waals surface area contributed by atoms with E-state index in [1.54, 1.807) is 24.3 Å². The van der Waals surface area contributed by atoms with Gasteiger partial charge in [-0.05, 0) is 43.7 Å². The fourth-order valence-electron chi connectivity index (χ4n) is 2.23. The van der Waals surface area contributed by atoms with E-state index in [0.717, 1.165) is 5.56 Å². The Morgan fingerprint density at radius 3 is 2.54 bits per heavy atom. The lowest BCUT2D eigenvalue weighted by Crippen LogP contribution is -2.30. The molecule has 0 aliphatic carbocycles. The number of hydrogen-bond donors (Lipinski definition) is 1. The fourth-order valence-corrected chi connectivity index (χ4v) is 2.23. The molecule has 0 aliphatic rings. The number of methoxy groups -OCH3 is 1. The summed E-state index contributed by atoms with van der Waals surface area (Å²) < 4.78 is 15.8. The zero-order valence-corrected chi connectivity index (χ0v) is 15.2. The van der Waals surface area contributed by atoms with Gasteiger partial charge in [-0.3, -0.25) is 9.59 Å². The van der Waals surface area contributed by atoms with Gasteiger partial charge >= 0.3 is 5.97 Å². The van der Waals surface area contributed by atoms with Gasteiger partial charge in [-0.1, -0.05) is 24.3 Å². The second-order valence-corrected chi connectivity index (χ2v) is 5.74. The third-order valence-electron chi connectivity index (χ3n) is 3.61. The van der Waals surface area contributed by atoms with Crippen LogP contribution in [0.4, 0.5) is 5.69 Å². The van der Waals surface area contributed by atoms with E-state index in [9.17, 15) is 9.59 Å². The Morgan fingerprint density at radius 2 is 1.85 bits per heavy atom. The Labute approximate surface area is 153 Å². The van der Waals surface area contributed by atoms with Crippen molar-refractivity contribution in [2.24, 2.45) is 0 Å². The summed E-state index contributed by atoms with van der Waals surface area (Å²) in [5.74, 6) is 0.294. The number of esters is 1. The van der Waals surface area contributed by atoms with E-state index in [0.29, 0.717) is 17.2 Å². The summed E-state index contributed by atoms with van der Waals surface area (Å²) in [4.78, 5) is 24.1. The van der Waals surface area contributed by atoms with Crippen LogP contribution in [0.2, 0.25) is 0 Å². The number of hydrogen-bond acceptors (Lipinski definition) is 5. The number of anilines is 1. The molecule has 0 fully saturated rings. The van der Waals surface area contributed by atoms with Crippen molar-refractivity contribution in [3.63, 3.8) is 0 Å². The Morgan fingerprint density at radius 1 is 1.12 bits per heavy atom. The van der Waals surface area contributed by atoms with Crippen LogP contribution in [0.5, 0.6) is 11.5 Å². The minimum atomic E-state index is -0.926. The van der Waals surface area contributed by atoms with Crippen molar-refractivity contribution in [2.75, 3.05) is 19.0 Å². The highest BCUT2D eigenvalue weighted by molar-refractivity contribution is 5.96. The van der Waals surface area contributed by atoms with Crippen LogP contribution >= 0.6 is 0 Å². The normalized spacial score (nSPS) is 11.3. The molecule has 2 aromatic carbocycles. The maximum atomic E-state index is 12.2. The molecule has 0 saturated heterocycles. The number of carbonyl (C=O) groups is 2. The van der Waals surface area contributed by atoms with Gasteiger partial charge in [0, 0.05) is 0 Å². The Kier molecular flexibility index (Phi) is 7.02. The molecule has 0 bridgehead atoms. The van der Waals surface area contributed by atoms with Crippen molar-refractivity contribution in [1.29, 1.82) is 0 Å². The Hall–Kier alpha value is -3.02. The predicted octanol–water partition coefficient (Wildman–Crippen LogP) is 3.34. The number of benzene rings is 2. The van der Waals surface area contributed by atoms with E-state index >= 15 is 0 Å². The lowest BCUT2D eigenvalue weighted by Gasteiger charge is -2.15. The first kappa shape index (κ1) is 19.3. The van der Waals surface area contributed by atoms with E-state index in [-0.39, 0.29) is 13.0 Å². The summed E-state index contributed by atoms with van der Waals surface area (Å²) in [6.07, 6.45) is -0.871. The van der Waals surface area contributed by atoms with Crippen molar-refractivity contribution in [1.82, 2.24) is 0 Å². The molecule has 0 spiro atoms. The summed E-state index contributed by atoms with van der Waals surface area (Å²) in [5.41, 5.74) is 1.51. The average Bonchev–Trinajstić information content (AvgIpc) is 2.62. The first-order valence-electron chi connectivity index (χ1n) is 8.32. The molecular weight excluding hydrogens is 334 g/mol. The van der Waals surface area contributed by atoms with Crippen LogP contribution in [0.15, 0.2) is 48.5 Å². The third kappa shape index (κ3) is 5.81. The molecule has 6 nitrogen and oxygen atoms in total. The van der Waals surface area contributed by atoms with Crippen LogP contribution in [0, 0.1) is 6.92 Å². The minimum Gasteiger partial charge on any atom is -0.495 e. The number of rotatable bonds is 8. The summed E-state index contributed by atoms with van der Waals surface area (Å²) in [6, 6.07) is 14.6. The number of para-hydroxylation sites is 1. The second kappa shape index (κ2) is 9.46. The van der Waals surface area contributed by atoms with Gasteiger partial charge in [-0.2, -0.15) is 0 Å². The number of aryl methyl sites for hydroxylation is 1. The lowest BCUT2D eigenvalue weighted by atomic mass is 10.2. The average molecular weight is 357 g/mol. The highest BCUT2D eigenvalue weighted by atomic mass is 16.5. The SMILES string of the molecule is COc1ccc(C)cc1NC(=O)[C@H](C)OC(=O)CCOc1ccccc1. The Bertz CT molecular complexity index is 745. The van der Waals surface area contributed by atoms with E-state index in [1.807, 2.05) is 31.2 Å². The monoisotopic (exact) mass is 357 g/mol. The van der Waals surface area contributed by atoms with E-state index in [1.165, 1.54) is 14.0 Å². The van der Waals surface area contributed by atoms with Crippen LogP contribution < -0.4 is 14.8 Å². The van der Waals surface area contributed by atoms with Gasteiger partial charge in [0.25, 0.3) is 5.91 Å². The summed E-state index contributed by atoms with van der Waals surface area (Å²) in [7, 11) is 1.52. The van der Waals surface area contributed by atoms with E-state index in [4.69, 9.17) is 14.2 Å². The third-order valence-corrected chi connectivity index (χ3v) is 3.61. The summed E-state index contributed by atoms with van der Waals surface area (Å²) in [6.45, 7) is 3.61. The molecule has 0 unspecified atom stereocenters. The molecule has 1 N–H and O–H groups in total.